The third kappa shape index (κ3) is 5.51. The van der Waals surface area contributed by atoms with Crippen molar-refractivity contribution < 1.29 is 9.90 Å². The highest BCUT2D eigenvalue weighted by molar-refractivity contribution is 5.66. The number of nitrogens with one attached hydrogen (secondary N) is 2. The van der Waals surface area contributed by atoms with Gasteiger partial charge in [-0.05, 0) is 68.0 Å². The molecule has 1 aliphatic heterocycles. The molecule has 7 heteroatoms. The third-order valence-corrected chi connectivity index (χ3v) is 7.59. The number of amides is 1. The highest BCUT2D eigenvalue weighted by atomic mass is 16.4. The summed E-state index contributed by atoms with van der Waals surface area (Å²) in [6.45, 7) is 1.96. The summed E-state index contributed by atoms with van der Waals surface area (Å²) in [5.74, 6) is 0. The van der Waals surface area contributed by atoms with Gasteiger partial charge in [0.15, 0.2) is 0 Å². The minimum atomic E-state index is -0.933. The van der Waals surface area contributed by atoms with Crippen molar-refractivity contribution in [3.05, 3.63) is 78.6 Å². The normalized spacial score (nSPS) is 24.7. The summed E-state index contributed by atoms with van der Waals surface area (Å²) >= 11 is 0. The van der Waals surface area contributed by atoms with E-state index < -0.39 is 11.6 Å². The van der Waals surface area contributed by atoms with Crippen molar-refractivity contribution >= 4 is 11.8 Å². The van der Waals surface area contributed by atoms with Crippen LogP contribution in [0.2, 0.25) is 0 Å². The van der Waals surface area contributed by atoms with E-state index in [0.717, 1.165) is 57.3 Å². The van der Waals surface area contributed by atoms with E-state index in [1.807, 2.05) is 35.1 Å². The number of aromatic nitrogens is 2. The molecule has 2 heterocycles. The summed E-state index contributed by atoms with van der Waals surface area (Å²) in [6.07, 6.45) is 9.76. The van der Waals surface area contributed by atoms with Gasteiger partial charge in [-0.15, -0.1) is 0 Å². The molecule has 0 bridgehead atoms. The van der Waals surface area contributed by atoms with E-state index in [0.29, 0.717) is 12.5 Å². The summed E-state index contributed by atoms with van der Waals surface area (Å²) in [4.78, 5) is 14.3. The van der Waals surface area contributed by atoms with Crippen LogP contribution < -0.4 is 15.5 Å². The maximum atomic E-state index is 11.9. The first kappa shape index (κ1) is 23.4. The van der Waals surface area contributed by atoms with Crippen molar-refractivity contribution in [3.63, 3.8) is 0 Å². The Bertz CT molecular complexity index is 1090. The van der Waals surface area contributed by atoms with Crippen molar-refractivity contribution in [2.24, 2.45) is 0 Å². The number of nitrogens with zero attached hydrogens (tertiary/aromatic N) is 3. The molecule has 0 spiro atoms. The van der Waals surface area contributed by atoms with Crippen LogP contribution in [0.1, 0.15) is 44.1 Å². The number of anilines is 1. The predicted molar refractivity (Wildman–Crippen MR) is 138 cm³/mol. The fourth-order valence-electron chi connectivity index (χ4n) is 5.93. The largest absolute Gasteiger partial charge is 0.465 e. The molecule has 184 valence electrons. The van der Waals surface area contributed by atoms with Gasteiger partial charge >= 0.3 is 6.09 Å². The van der Waals surface area contributed by atoms with Gasteiger partial charge in [-0.3, -0.25) is 0 Å². The first-order valence-electron chi connectivity index (χ1n) is 12.8. The van der Waals surface area contributed by atoms with Crippen molar-refractivity contribution in [2.45, 2.75) is 62.6 Å². The van der Waals surface area contributed by atoms with Gasteiger partial charge in [0.2, 0.25) is 0 Å². The lowest BCUT2D eigenvalue weighted by Crippen LogP contribution is -2.66. The lowest BCUT2D eigenvalue weighted by molar-refractivity contribution is 0.130. The van der Waals surface area contributed by atoms with E-state index in [4.69, 9.17) is 0 Å². The first-order chi connectivity index (χ1) is 17.1. The summed E-state index contributed by atoms with van der Waals surface area (Å²) in [5.41, 5.74) is 2.96. The van der Waals surface area contributed by atoms with Crippen molar-refractivity contribution in [3.8, 4) is 5.69 Å². The van der Waals surface area contributed by atoms with Crippen LogP contribution in [0.4, 0.5) is 10.5 Å². The highest BCUT2D eigenvalue weighted by Crippen LogP contribution is 2.33. The molecule has 3 atom stereocenters. The molecule has 3 aromatic rings. The van der Waals surface area contributed by atoms with Gasteiger partial charge in [0.1, 0.15) is 0 Å². The zero-order valence-electron chi connectivity index (χ0n) is 20.1. The molecule has 5 rings (SSSR count). The average Bonchev–Trinajstić information content (AvgIpc) is 3.41. The maximum Gasteiger partial charge on any atom is 0.405 e. The number of carboxylic acid groups (broad SMARTS) is 1. The summed E-state index contributed by atoms with van der Waals surface area (Å²) in [7, 11) is 0. The Morgan fingerprint density at radius 3 is 2.54 bits per heavy atom. The highest BCUT2D eigenvalue weighted by Gasteiger charge is 2.43. The Kier molecular flexibility index (Phi) is 7.04. The molecule has 7 nitrogen and oxygen atoms in total. The predicted octanol–water partition coefficient (Wildman–Crippen LogP) is 4.62. The van der Waals surface area contributed by atoms with Crippen molar-refractivity contribution in [1.82, 2.24) is 20.4 Å². The van der Waals surface area contributed by atoms with Gasteiger partial charge in [-0.1, -0.05) is 43.2 Å². The zero-order chi connectivity index (χ0) is 24.1. The minimum Gasteiger partial charge on any atom is -0.465 e. The quantitative estimate of drug-likeness (QED) is 0.466. The Labute approximate surface area is 207 Å². The first-order valence-corrected chi connectivity index (χ1v) is 12.8. The minimum absolute atomic E-state index is 0.111. The van der Waals surface area contributed by atoms with Crippen molar-refractivity contribution in [1.29, 1.82) is 0 Å². The lowest BCUT2D eigenvalue weighted by atomic mass is 9.73. The number of carbonyl (C=O) groups is 1. The number of hydrogen-bond acceptors (Lipinski definition) is 4. The zero-order valence-corrected chi connectivity index (χ0v) is 20.1. The van der Waals surface area contributed by atoms with Crippen LogP contribution in [0.3, 0.4) is 0 Å². The molecule has 1 saturated heterocycles. The third-order valence-electron chi connectivity index (χ3n) is 7.59. The molecule has 2 fully saturated rings. The number of rotatable bonds is 7. The Morgan fingerprint density at radius 1 is 1.00 bits per heavy atom. The number of benzene rings is 2. The second kappa shape index (κ2) is 10.5. The molecule has 2 aliphatic rings. The van der Waals surface area contributed by atoms with Crippen LogP contribution in [0.5, 0.6) is 0 Å². The summed E-state index contributed by atoms with van der Waals surface area (Å²) < 4.78 is 1.87. The molecule has 35 heavy (non-hydrogen) atoms. The van der Waals surface area contributed by atoms with Crippen molar-refractivity contribution in [2.75, 3.05) is 18.0 Å². The lowest BCUT2D eigenvalue weighted by Gasteiger charge is -2.47. The molecule has 1 aromatic heterocycles. The molecule has 1 saturated carbocycles. The summed E-state index contributed by atoms with van der Waals surface area (Å²) in [6, 6.07) is 21.2. The molecule has 2 aromatic carbocycles. The molecule has 3 unspecified atom stereocenters. The maximum absolute atomic E-state index is 11.9. The van der Waals surface area contributed by atoms with Gasteiger partial charge in [0, 0.05) is 43.3 Å². The second-order valence-electron chi connectivity index (χ2n) is 9.97. The van der Waals surface area contributed by atoms with Gasteiger partial charge in [0.05, 0.1) is 11.2 Å². The summed E-state index contributed by atoms with van der Waals surface area (Å²) in [5, 5.41) is 21.0. The van der Waals surface area contributed by atoms with Crippen LogP contribution in [0.25, 0.3) is 5.69 Å². The van der Waals surface area contributed by atoms with Crippen LogP contribution in [-0.2, 0) is 6.42 Å². The van der Waals surface area contributed by atoms with Gasteiger partial charge in [-0.2, -0.15) is 5.10 Å². The molecule has 0 radical (unpaired) electrons. The van der Waals surface area contributed by atoms with E-state index >= 15 is 0 Å². The topological polar surface area (TPSA) is 82.4 Å². The Hall–Kier alpha value is -3.32. The Morgan fingerprint density at radius 2 is 1.80 bits per heavy atom. The molecular weight excluding hydrogens is 438 g/mol. The fourth-order valence-corrected chi connectivity index (χ4v) is 5.93. The monoisotopic (exact) mass is 473 g/mol. The number of hydrogen-bond donors (Lipinski definition) is 3. The molecule has 1 amide bonds. The van der Waals surface area contributed by atoms with E-state index in [-0.39, 0.29) is 6.04 Å². The van der Waals surface area contributed by atoms with Crippen LogP contribution in [0, 0.1) is 0 Å². The van der Waals surface area contributed by atoms with E-state index in [1.54, 1.807) is 6.20 Å². The fraction of sp³-hybridized carbons (Fsp3) is 0.429. The Balaban J connectivity index is 1.30. The van der Waals surface area contributed by atoms with E-state index in [1.165, 1.54) is 11.3 Å². The standard InChI is InChI=1S/C28H35N5O2/c34-27(35)31-28(20-22-8-2-1-3-9-22)16-5-4-11-26(28)30-23-10-6-18-32(21-23)24-12-14-25(15-13-24)33-19-7-17-29-33/h1-3,7-9,12-15,17,19,23,26,30-31H,4-6,10-11,16,18,20-21H2,(H,34,35). The average molecular weight is 474 g/mol. The second-order valence-corrected chi connectivity index (χ2v) is 9.97. The smallest absolute Gasteiger partial charge is 0.405 e. The molecule has 3 N–H and O–H groups in total. The van der Waals surface area contributed by atoms with Crippen LogP contribution in [-0.4, -0.2) is 51.7 Å². The van der Waals surface area contributed by atoms with E-state index in [2.05, 4.69) is 57.0 Å². The van der Waals surface area contributed by atoms with Crippen LogP contribution >= 0.6 is 0 Å². The number of piperidine rings is 1. The van der Waals surface area contributed by atoms with E-state index in [9.17, 15) is 9.90 Å². The SMILES string of the molecule is O=C(O)NC1(Cc2ccccc2)CCCCC1NC1CCCN(c2ccc(-n3cccn3)cc2)C1. The van der Waals surface area contributed by atoms with Gasteiger partial charge in [-0.25, -0.2) is 9.48 Å². The van der Waals surface area contributed by atoms with Crippen LogP contribution in [0.15, 0.2) is 73.1 Å². The van der Waals surface area contributed by atoms with Gasteiger partial charge in [0.25, 0.3) is 0 Å². The molecule has 1 aliphatic carbocycles. The molecular formula is C28H35N5O2. The van der Waals surface area contributed by atoms with Gasteiger partial charge < -0.3 is 20.6 Å².